The van der Waals surface area contributed by atoms with Crippen molar-refractivity contribution in [3.63, 3.8) is 0 Å². The Balaban J connectivity index is 2.58. The van der Waals surface area contributed by atoms with E-state index in [1.807, 2.05) is 0 Å². The van der Waals surface area contributed by atoms with Crippen molar-refractivity contribution in [2.75, 3.05) is 44.4 Å². The molecule has 0 aliphatic carbocycles. The lowest BCUT2D eigenvalue weighted by Gasteiger charge is -2.12. The predicted molar refractivity (Wildman–Crippen MR) is 80.5 cm³/mol. The molecular weight excluding hydrogens is 279 g/mol. The monoisotopic (exact) mass is 300 g/mol. The minimum Gasteiger partial charge on any atom is -0.475 e. The second kappa shape index (κ2) is 7.26. The van der Waals surface area contributed by atoms with Gasteiger partial charge < -0.3 is 25.5 Å². The zero-order valence-electron chi connectivity index (χ0n) is 11.8. The van der Waals surface area contributed by atoms with Crippen LogP contribution in [0.15, 0.2) is 12.7 Å². The highest BCUT2D eigenvalue weighted by Crippen LogP contribution is 2.35. The molecule has 112 valence electrons. The molecule has 0 fully saturated rings. The van der Waals surface area contributed by atoms with Crippen LogP contribution in [0, 0.1) is 0 Å². The van der Waals surface area contributed by atoms with Gasteiger partial charge in [-0.3, -0.25) is 0 Å². The van der Waals surface area contributed by atoms with Crippen molar-refractivity contribution in [2.24, 2.45) is 0 Å². The Bertz CT molecular complexity index is 516. The molecule has 4 N–H and O–H groups in total. The molecule has 7 nitrogen and oxygen atoms in total. The Labute approximate surface area is 118 Å². The molecule has 1 aromatic heterocycles. The summed E-state index contributed by atoms with van der Waals surface area (Å²) in [5, 5.41) is 0. The standard InChI is InChI=1S/C12H21N4O3P/c1-4-5-9-10(13)15-12(14)16-11(9)19-7-6-18-8-20(2,3)17/h4H,1,5-8H2,2-3H3,(H4,13,14,15,16). The highest BCUT2D eigenvalue weighted by Gasteiger charge is 2.12. The van der Waals surface area contributed by atoms with E-state index < -0.39 is 7.14 Å². The number of aromatic nitrogens is 2. The third-order valence-electron chi connectivity index (χ3n) is 2.24. The smallest absolute Gasteiger partial charge is 0.225 e. The Morgan fingerprint density at radius 2 is 2.00 bits per heavy atom. The van der Waals surface area contributed by atoms with Crippen molar-refractivity contribution >= 4 is 18.9 Å². The molecule has 0 aromatic carbocycles. The maximum Gasteiger partial charge on any atom is 0.225 e. The SMILES string of the molecule is C=CCc1c(N)nc(N)nc1OCCOCP(C)(C)=O. The van der Waals surface area contributed by atoms with Crippen molar-refractivity contribution in [2.45, 2.75) is 6.42 Å². The third-order valence-corrected chi connectivity index (χ3v) is 3.04. The molecule has 1 rings (SSSR count). The van der Waals surface area contributed by atoms with Crippen LogP contribution in [0.25, 0.3) is 0 Å². The summed E-state index contributed by atoms with van der Waals surface area (Å²) in [6.45, 7) is 7.55. The summed E-state index contributed by atoms with van der Waals surface area (Å²) in [4.78, 5) is 7.88. The van der Waals surface area contributed by atoms with Crippen LogP contribution in [0.5, 0.6) is 5.88 Å². The number of hydrogen-bond donors (Lipinski definition) is 2. The number of nitrogen functional groups attached to an aromatic ring is 2. The van der Waals surface area contributed by atoms with Gasteiger partial charge in [0.05, 0.1) is 18.5 Å². The fraction of sp³-hybridized carbons (Fsp3) is 0.500. The Morgan fingerprint density at radius 3 is 2.60 bits per heavy atom. The number of allylic oxidation sites excluding steroid dienone is 1. The van der Waals surface area contributed by atoms with E-state index in [0.29, 0.717) is 24.5 Å². The van der Waals surface area contributed by atoms with Gasteiger partial charge in [-0.25, -0.2) is 0 Å². The molecule has 0 bridgehead atoms. The first kappa shape index (κ1) is 16.5. The maximum atomic E-state index is 11.4. The summed E-state index contributed by atoms with van der Waals surface area (Å²) < 4.78 is 22.2. The van der Waals surface area contributed by atoms with E-state index in [4.69, 9.17) is 20.9 Å². The quantitative estimate of drug-likeness (QED) is 0.423. The lowest BCUT2D eigenvalue weighted by molar-refractivity contribution is 0.128. The fourth-order valence-electron chi connectivity index (χ4n) is 1.43. The van der Waals surface area contributed by atoms with Crippen molar-refractivity contribution in [1.82, 2.24) is 9.97 Å². The van der Waals surface area contributed by atoms with Gasteiger partial charge in [-0.1, -0.05) is 6.08 Å². The van der Waals surface area contributed by atoms with Crippen molar-refractivity contribution in [1.29, 1.82) is 0 Å². The Morgan fingerprint density at radius 1 is 1.30 bits per heavy atom. The summed E-state index contributed by atoms with van der Waals surface area (Å²) >= 11 is 0. The summed E-state index contributed by atoms with van der Waals surface area (Å²) in [6.07, 6.45) is 2.39. The van der Waals surface area contributed by atoms with E-state index in [1.165, 1.54) is 0 Å². The third kappa shape index (κ3) is 5.59. The molecule has 0 saturated carbocycles. The van der Waals surface area contributed by atoms with Crippen LogP contribution in [-0.2, 0) is 15.7 Å². The minimum absolute atomic E-state index is 0.0536. The van der Waals surface area contributed by atoms with Crippen LogP contribution < -0.4 is 16.2 Å². The number of hydrogen-bond acceptors (Lipinski definition) is 7. The zero-order valence-corrected chi connectivity index (χ0v) is 12.7. The topological polar surface area (TPSA) is 113 Å². The van der Waals surface area contributed by atoms with E-state index in [1.54, 1.807) is 19.4 Å². The number of anilines is 2. The van der Waals surface area contributed by atoms with E-state index in [9.17, 15) is 4.57 Å². The van der Waals surface area contributed by atoms with Gasteiger partial charge >= 0.3 is 0 Å². The summed E-state index contributed by atoms with van der Waals surface area (Å²) in [6, 6.07) is 0. The molecule has 0 saturated heterocycles. The minimum atomic E-state index is -2.17. The van der Waals surface area contributed by atoms with Gasteiger partial charge in [-0.15, -0.1) is 6.58 Å². The molecule has 20 heavy (non-hydrogen) atoms. The van der Waals surface area contributed by atoms with Gasteiger partial charge in [0.2, 0.25) is 11.8 Å². The van der Waals surface area contributed by atoms with Crippen molar-refractivity contribution in [3.05, 3.63) is 18.2 Å². The molecular formula is C12H21N4O3P. The number of rotatable bonds is 8. The van der Waals surface area contributed by atoms with Gasteiger partial charge in [-0.2, -0.15) is 9.97 Å². The molecule has 0 atom stereocenters. The van der Waals surface area contributed by atoms with Crippen LogP contribution >= 0.6 is 7.14 Å². The van der Waals surface area contributed by atoms with Crippen molar-refractivity contribution < 1.29 is 14.0 Å². The highest BCUT2D eigenvalue weighted by molar-refractivity contribution is 7.62. The summed E-state index contributed by atoms with van der Waals surface area (Å²) in [7, 11) is -2.17. The van der Waals surface area contributed by atoms with E-state index in [2.05, 4.69) is 16.5 Å². The molecule has 0 aliphatic rings. The summed E-state index contributed by atoms with van der Waals surface area (Å²) in [5.74, 6) is 0.660. The molecule has 0 amide bonds. The first-order valence-corrected chi connectivity index (χ1v) is 8.89. The summed E-state index contributed by atoms with van der Waals surface area (Å²) in [5.41, 5.74) is 11.9. The van der Waals surface area contributed by atoms with Gasteiger partial charge in [0.25, 0.3) is 0 Å². The molecule has 1 heterocycles. The van der Waals surface area contributed by atoms with Gasteiger partial charge in [0.1, 0.15) is 19.6 Å². The lowest BCUT2D eigenvalue weighted by Crippen LogP contribution is -2.12. The van der Waals surface area contributed by atoms with Crippen LogP contribution in [-0.4, -0.2) is 42.9 Å². The first-order valence-electron chi connectivity index (χ1n) is 6.11. The number of ether oxygens (including phenoxy) is 2. The maximum absolute atomic E-state index is 11.4. The van der Waals surface area contributed by atoms with Gasteiger partial charge in [-0.05, 0) is 19.8 Å². The molecule has 0 aliphatic heterocycles. The Hall–Kier alpha value is -1.59. The second-order valence-corrected chi connectivity index (χ2v) is 8.11. The van der Waals surface area contributed by atoms with Crippen LogP contribution in [0.3, 0.4) is 0 Å². The first-order chi connectivity index (χ1) is 9.33. The van der Waals surface area contributed by atoms with E-state index in [0.717, 1.165) is 0 Å². The molecule has 8 heteroatoms. The second-order valence-electron chi connectivity index (χ2n) is 4.70. The molecule has 0 radical (unpaired) electrons. The zero-order chi connectivity index (χ0) is 15.2. The fourth-order valence-corrected chi connectivity index (χ4v) is 2.00. The average Bonchev–Trinajstić information content (AvgIpc) is 2.31. The molecule has 0 spiro atoms. The molecule has 0 unspecified atom stereocenters. The number of nitrogens with two attached hydrogens (primary N) is 2. The average molecular weight is 300 g/mol. The normalized spacial score (nSPS) is 11.3. The predicted octanol–water partition coefficient (Wildman–Crippen LogP) is 1.35. The van der Waals surface area contributed by atoms with Gasteiger partial charge in [0, 0.05) is 0 Å². The van der Waals surface area contributed by atoms with Crippen LogP contribution in [0.4, 0.5) is 11.8 Å². The van der Waals surface area contributed by atoms with E-state index >= 15 is 0 Å². The lowest BCUT2D eigenvalue weighted by atomic mass is 10.2. The molecule has 1 aromatic rings. The highest BCUT2D eigenvalue weighted by atomic mass is 31.2. The van der Waals surface area contributed by atoms with Gasteiger partial charge in [0.15, 0.2) is 0 Å². The Kier molecular flexibility index (Phi) is 5.98. The largest absolute Gasteiger partial charge is 0.475 e. The van der Waals surface area contributed by atoms with Crippen molar-refractivity contribution in [3.8, 4) is 5.88 Å². The van der Waals surface area contributed by atoms with Crippen LogP contribution in [0.2, 0.25) is 0 Å². The van der Waals surface area contributed by atoms with E-state index in [-0.39, 0.29) is 24.7 Å². The van der Waals surface area contributed by atoms with Crippen LogP contribution in [0.1, 0.15) is 5.56 Å². The number of nitrogens with zero attached hydrogens (tertiary/aromatic N) is 2.